The minimum atomic E-state index is -5.10. The van der Waals surface area contributed by atoms with Gasteiger partial charge in [0.2, 0.25) is 0 Å². The highest BCUT2D eigenvalue weighted by molar-refractivity contribution is 7.83. The standard InChI is InChI=1S/C42H52N2O16S2/c43-21-22-53-42-40(56-26-32-19-11-4-12-20-32)39(55-25-31-17-9-3-10-18-31)38(33(59-42)27-52-23-29-13-5-1-6-14-29)60-41-35(44-61(46,47)48)36(45)37(34(58-41)28-57-62(49,50)51)54-24-30-15-7-2-8-16-30/h1-20,33-42,44-45H,21-28,43H2,(H,46,47,48)(H,49,50,51)/t33-,34-,35-,36-,37-,38-,39+,40-,41-,42-/m1/s1. The van der Waals surface area contributed by atoms with Gasteiger partial charge >= 0.3 is 20.7 Å². The lowest BCUT2D eigenvalue weighted by atomic mass is 9.95. The fourth-order valence-corrected chi connectivity index (χ4v) is 7.91. The molecule has 6 N–H and O–H groups in total. The van der Waals surface area contributed by atoms with Gasteiger partial charge in [-0.1, -0.05) is 121 Å². The SMILES string of the molecule is NCCO[C@@H]1O[C@H](COCc2ccccc2)[C@@H](O[C@H]2O[C@H](COS(=O)(=O)O)[C@@H](OCc3ccccc3)[C@H](O)[C@H]2NS(=O)(=O)O)[C@H](OCc2ccccc2)[C@H]1OCc1ccccc1. The van der Waals surface area contributed by atoms with E-state index < -0.39 is 88.7 Å². The topological polar surface area (TPSA) is 250 Å². The van der Waals surface area contributed by atoms with Crippen molar-refractivity contribution in [1.82, 2.24) is 4.72 Å². The quantitative estimate of drug-likeness (QED) is 0.0672. The van der Waals surface area contributed by atoms with Gasteiger partial charge in [0.05, 0.1) is 46.2 Å². The van der Waals surface area contributed by atoms with Crippen molar-refractivity contribution in [3.8, 4) is 0 Å². The van der Waals surface area contributed by atoms with E-state index in [1.54, 1.807) is 30.3 Å². The molecule has 0 radical (unpaired) electrons. The van der Waals surface area contributed by atoms with Crippen LogP contribution in [-0.2, 0) is 89.2 Å². The Bertz CT molecular complexity index is 2130. The number of hydrogen-bond donors (Lipinski definition) is 5. The number of aliphatic hydroxyl groups excluding tert-OH is 1. The van der Waals surface area contributed by atoms with Crippen LogP contribution in [-0.4, -0.2) is 119 Å². The molecule has 0 spiro atoms. The van der Waals surface area contributed by atoms with E-state index in [2.05, 4.69) is 0 Å². The van der Waals surface area contributed by atoms with Gasteiger partial charge in [0.1, 0.15) is 48.8 Å². The number of aliphatic hydroxyl groups is 1. The lowest BCUT2D eigenvalue weighted by molar-refractivity contribution is -0.359. The Hall–Kier alpha value is -3.78. The second-order valence-electron chi connectivity index (χ2n) is 14.5. The Balaban J connectivity index is 1.39. The first-order valence-corrected chi connectivity index (χ1v) is 22.6. The maximum Gasteiger partial charge on any atom is 0.397 e. The van der Waals surface area contributed by atoms with Crippen LogP contribution in [0.15, 0.2) is 121 Å². The average Bonchev–Trinajstić information content (AvgIpc) is 3.26. The molecule has 0 unspecified atom stereocenters. The predicted octanol–water partition coefficient (Wildman–Crippen LogP) is 2.71. The van der Waals surface area contributed by atoms with Gasteiger partial charge in [0.25, 0.3) is 0 Å². The number of nitrogens with one attached hydrogen (secondary N) is 1. The van der Waals surface area contributed by atoms with Crippen LogP contribution in [0.25, 0.3) is 0 Å². The van der Waals surface area contributed by atoms with Crippen LogP contribution < -0.4 is 10.5 Å². The largest absolute Gasteiger partial charge is 0.397 e. The Morgan fingerprint density at radius 2 is 1.02 bits per heavy atom. The normalized spacial score (nSPS) is 26.9. The lowest BCUT2D eigenvalue weighted by Crippen LogP contribution is -2.68. The molecular weight excluding hydrogens is 853 g/mol. The second kappa shape index (κ2) is 23.2. The molecule has 338 valence electrons. The summed E-state index contributed by atoms with van der Waals surface area (Å²) in [6.07, 6.45) is -12.5. The van der Waals surface area contributed by atoms with Crippen molar-refractivity contribution in [3.63, 3.8) is 0 Å². The van der Waals surface area contributed by atoms with Gasteiger partial charge in [-0.25, -0.2) is 4.18 Å². The van der Waals surface area contributed by atoms with Gasteiger partial charge < -0.3 is 48.7 Å². The van der Waals surface area contributed by atoms with Crippen LogP contribution >= 0.6 is 0 Å². The molecule has 0 amide bonds. The van der Waals surface area contributed by atoms with E-state index >= 15 is 0 Å². The van der Waals surface area contributed by atoms with Crippen molar-refractivity contribution in [2.45, 2.75) is 87.8 Å². The van der Waals surface area contributed by atoms with Crippen molar-refractivity contribution in [2.75, 3.05) is 26.4 Å². The van der Waals surface area contributed by atoms with E-state index in [1.807, 2.05) is 95.7 Å². The van der Waals surface area contributed by atoms with Crippen LogP contribution in [0.5, 0.6) is 0 Å². The maximum atomic E-state index is 12.5. The Kier molecular flexibility index (Phi) is 17.9. The molecule has 2 aliphatic rings. The minimum Gasteiger partial charge on any atom is -0.388 e. The lowest BCUT2D eigenvalue weighted by Gasteiger charge is -2.49. The molecule has 20 heteroatoms. The van der Waals surface area contributed by atoms with E-state index in [0.29, 0.717) is 5.56 Å². The van der Waals surface area contributed by atoms with Gasteiger partial charge in [-0.15, -0.1) is 0 Å². The first kappa shape index (κ1) is 47.7. The number of benzene rings is 4. The zero-order valence-corrected chi connectivity index (χ0v) is 35.2. The van der Waals surface area contributed by atoms with Crippen molar-refractivity contribution in [1.29, 1.82) is 0 Å². The third-order valence-electron chi connectivity index (χ3n) is 9.87. The summed E-state index contributed by atoms with van der Waals surface area (Å²) in [4.78, 5) is 0. The van der Waals surface area contributed by atoms with Crippen LogP contribution in [0.3, 0.4) is 0 Å². The third-order valence-corrected chi connectivity index (χ3v) is 10.9. The fraction of sp³-hybridized carbons (Fsp3) is 0.429. The second-order valence-corrected chi connectivity index (χ2v) is 16.7. The minimum absolute atomic E-state index is 0.0127. The van der Waals surface area contributed by atoms with Crippen LogP contribution in [0, 0.1) is 0 Å². The van der Waals surface area contributed by atoms with E-state index in [0.717, 1.165) is 16.7 Å². The molecule has 0 saturated carbocycles. The molecular formula is C42H52N2O16S2. The zero-order chi connectivity index (χ0) is 44.0. The molecule has 2 fully saturated rings. The third kappa shape index (κ3) is 14.6. The Morgan fingerprint density at radius 3 is 1.50 bits per heavy atom. The summed E-state index contributed by atoms with van der Waals surface area (Å²) in [5, 5.41) is 11.9. The first-order valence-electron chi connectivity index (χ1n) is 19.8. The molecule has 0 aromatic heterocycles. The van der Waals surface area contributed by atoms with Gasteiger partial charge in [0, 0.05) is 6.54 Å². The van der Waals surface area contributed by atoms with E-state index in [-0.39, 0.29) is 46.2 Å². The van der Waals surface area contributed by atoms with E-state index in [9.17, 15) is 31.0 Å². The number of hydrogen-bond acceptors (Lipinski definition) is 15. The predicted molar refractivity (Wildman–Crippen MR) is 220 cm³/mol. The van der Waals surface area contributed by atoms with Crippen LogP contribution in [0.1, 0.15) is 22.3 Å². The molecule has 6 rings (SSSR count). The van der Waals surface area contributed by atoms with Gasteiger partial charge in [-0.2, -0.15) is 21.6 Å². The zero-order valence-electron chi connectivity index (χ0n) is 33.5. The molecule has 10 atom stereocenters. The first-order chi connectivity index (χ1) is 29.9. The van der Waals surface area contributed by atoms with Crippen LogP contribution in [0.4, 0.5) is 0 Å². The molecule has 2 saturated heterocycles. The fourth-order valence-electron chi connectivity index (χ4n) is 7.01. The molecule has 2 aliphatic heterocycles. The number of rotatable bonds is 23. The monoisotopic (exact) mass is 904 g/mol. The molecule has 18 nitrogen and oxygen atoms in total. The van der Waals surface area contributed by atoms with Gasteiger partial charge in [-0.3, -0.25) is 9.11 Å². The van der Waals surface area contributed by atoms with Crippen molar-refractivity contribution in [2.24, 2.45) is 5.73 Å². The van der Waals surface area contributed by atoms with E-state index in [4.69, 9.17) is 47.8 Å². The van der Waals surface area contributed by atoms with Crippen molar-refractivity contribution >= 4 is 20.7 Å². The highest BCUT2D eigenvalue weighted by Gasteiger charge is 2.54. The summed E-state index contributed by atoms with van der Waals surface area (Å²) < 4.78 is 126. The van der Waals surface area contributed by atoms with Crippen LogP contribution in [0.2, 0.25) is 0 Å². The smallest absolute Gasteiger partial charge is 0.388 e. The Morgan fingerprint density at radius 1 is 0.565 bits per heavy atom. The molecule has 0 bridgehead atoms. The molecule has 62 heavy (non-hydrogen) atoms. The summed E-state index contributed by atoms with van der Waals surface area (Å²) in [6.45, 7) is -0.825. The van der Waals surface area contributed by atoms with E-state index in [1.165, 1.54) is 0 Å². The summed E-state index contributed by atoms with van der Waals surface area (Å²) in [5.74, 6) is 0. The van der Waals surface area contributed by atoms with Crippen molar-refractivity contribution in [3.05, 3.63) is 144 Å². The molecule has 4 aromatic carbocycles. The van der Waals surface area contributed by atoms with Gasteiger partial charge in [-0.05, 0) is 22.3 Å². The highest BCUT2D eigenvalue weighted by Crippen LogP contribution is 2.35. The maximum absolute atomic E-state index is 12.5. The summed E-state index contributed by atoms with van der Waals surface area (Å²) in [7, 11) is -10.2. The average molecular weight is 905 g/mol. The molecule has 4 aromatic rings. The number of ether oxygens (including phenoxy) is 8. The Labute approximate surface area is 360 Å². The van der Waals surface area contributed by atoms with Gasteiger partial charge in [0.15, 0.2) is 12.6 Å². The summed E-state index contributed by atoms with van der Waals surface area (Å²) >= 11 is 0. The summed E-state index contributed by atoms with van der Waals surface area (Å²) in [6, 6.07) is 34.7. The highest BCUT2D eigenvalue weighted by atomic mass is 32.3. The van der Waals surface area contributed by atoms with Crippen molar-refractivity contribution < 1.29 is 73.1 Å². The molecule has 2 heterocycles. The molecule has 0 aliphatic carbocycles. The summed E-state index contributed by atoms with van der Waals surface area (Å²) in [5.41, 5.74) is 8.92. The number of nitrogens with two attached hydrogens (primary N) is 1.